The smallest absolute Gasteiger partial charge is 0.298 e. The number of carbonyl (C=O) groups excluding carboxylic acids is 1. The number of hydrogen-bond donors (Lipinski definition) is 0. The molecule has 0 radical (unpaired) electrons. The Morgan fingerprint density at radius 2 is 1.12 bits per heavy atom. The lowest BCUT2D eigenvalue weighted by Crippen LogP contribution is -2.44. The lowest BCUT2D eigenvalue weighted by molar-refractivity contribution is -0.120. The standard InChI is InChI=1S/C26H40O6Si2/c1-28-23-14-12-21(18-25(23)29-2)10-8-16-33(4,5)32-34(6,7)17-9-11-22-13-15-24(31-20-27)26(19-22)30-3/h12-15,18-20H,8-11,16-17H2,1-7H3. The van der Waals surface area contributed by atoms with Crippen LogP contribution in [0.15, 0.2) is 36.4 Å². The normalized spacial score (nSPS) is 11.7. The van der Waals surface area contributed by atoms with Crippen LogP contribution in [-0.2, 0) is 21.8 Å². The maximum atomic E-state index is 10.6. The highest BCUT2D eigenvalue weighted by Gasteiger charge is 2.32. The Morgan fingerprint density at radius 3 is 1.56 bits per heavy atom. The highest BCUT2D eigenvalue weighted by molar-refractivity contribution is 6.84. The molecule has 2 rings (SSSR count). The van der Waals surface area contributed by atoms with Crippen molar-refractivity contribution in [2.24, 2.45) is 0 Å². The summed E-state index contributed by atoms with van der Waals surface area (Å²) in [5.41, 5.74) is 2.44. The molecular formula is C26H40O6Si2. The molecule has 0 aliphatic rings. The topological polar surface area (TPSA) is 63.2 Å². The summed E-state index contributed by atoms with van der Waals surface area (Å²) < 4.78 is 27.9. The molecule has 0 atom stereocenters. The average molecular weight is 505 g/mol. The molecule has 0 bridgehead atoms. The molecule has 0 N–H and O–H groups in total. The Balaban J connectivity index is 1.83. The summed E-state index contributed by atoms with van der Waals surface area (Å²) in [6.07, 6.45) is 4.12. The van der Waals surface area contributed by atoms with E-state index in [1.54, 1.807) is 27.4 Å². The van der Waals surface area contributed by atoms with E-state index in [1.807, 2.05) is 18.2 Å². The summed E-state index contributed by atoms with van der Waals surface area (Å²) in [7, 11) is 1.38. The van der Waals surface area contributed by atoms with Crippen molar-refractivity contribution in [2.45, 2.75) is 64.0 Å². The average Bonchev–Trinajstić information content (AvgIpc) is 2.78. The van der Waals surface area contributed by atoms with Crippen molar-refractivity contribution in [1.82, 2.24) is 0 Å². The monoisotopic (exact) mass is 504 g/mol. The zero-order valence-electron chi connectivity index (χ0n) is 21.7. The van der Waals surface area contributed by atoms with Crippen molar-refractivity contribution in [3.05, 3.63) is 47.5 Å². The van der Waals surface area contributed by atoms with Gasteiger partial charge in [0.1, 0.15) is 0 Å². The second-order valence-electron chi connectivity index (χ2n) is 9.72. The van der Waals surface area contributed by atoms with Gasteiger partial charge >= 0.3 is 0 Å². The third-order valence-electron chi connectivity index (χ3n) is 5.89. The van der Waals surface area contributed by atoms with Gasteiger partial charge in [-0.2, -0.15) is 0 Å². The Kier molecular flexibility index (Phi) is 10.7. The van der Waals surface area contributed by atoms with E-state index in [2.05, 4.69) is 38.3 Å². The molecule has 0 saturated heterocycles. The Bertz CT molecular complexity index is 930. The fraction of sp³-hybridized carbons (Fsp3) is 0.500. The first-order valence-corrected chi connectivity index (χ1v) is 18.0. The maximum Gasteiger partial charge on any atom is 0.298 e. The van der Waals surface area contributed by atoms with Crippen LogP contribution in [0.1, 0.15) is 24.0 Å². The number of ether oxygens (including phenoxy) is 4. The summed E-state index contributed by atoms with van der Waals surface area (Å²) >= 11 is 0. The van der Waals surface area contributed by atoms with Crippen LogP contribution >= 0.6 is 0 Å². The summed E-state index contributed by atoms with van der Waals surface area (Å²) in [6, 6.07) is 14.1. The van der Waals surface area contributed by atoms with Gasteiger partial charge in [-0.3, -0.25) is 4.79 Å². The quantitative estimate of drug-likeness (QED) is 0.211. The summed E-state index contributed by atoms with van der Waals surface area (Å²) in [5, 5.41) is 0. The fourth-order valence-electron chi connectivity index (χ4n) is 4.34. The SMILES string of the molecule is COc1ccc(CCC[Si](C)(C)O[Si](C)(C)CCCc2ccc(OC=O)c(OC)c2)cc1OC. The number of hydrogen-bond acceptors (Lipinski definition) is 6. The predicted octanol–water partition coefficient (Wildman–Crippen LogP) is 6.24. The van der Waals surface area contributed by atoms with Crippen LogP contribution in [-0.4, -0.2) is 44.4 Å². The molecule has 0 fully saturated rings. The van der Waals surface area contributed by atoms with E-state index >= 15 is 0 Å². The molecule has 0 aliphatic heterocycles. The molecular weight excluding hydrogens is 464 g/mol. The minimum absolute atomic E-state index is 0.419. The van der Waals surface area contributed by atoms with Gasteiger partial charge in [-0.05, 0) is 99.4 Å². The van der Waals surface area contributed by atoms with Crippen LogP contribution in [0.5, 0.6) is 23.0 Å². The molecule has 34 heavy (non-hydrogen) atoms. The van der Waals surface area contributed by atoms with Crippen LogP contribution < -0.4 is 18.9 Å². The molecule has 188 valence electrons. The summed E-state index contributed by atoms with van der Waals surface area (Å²) in [4.78, 5) is 10.6. The van der Waals surface area contributed by atoms with Gasteiger partial charge in [0.05, 0.1) is 21.3 Å². The molecule has 0 spiro atoms. The molecule has 2 aromatic rings. The second kappa shape index (κ2) is 13.0. The number of carbonyl (C=O) groups is 1. The Morgan fingerprint density at radius 1 is 0.676 bits per heavy atom. The van der Waals surface area contributed by atoms with Crippen molar-refractivity contribution in [3.8, 4) is 23.0 Å². The first-order valence-electron chi connectivity index (χ1n) is 11.8. The van der Waals surface area contributed by atoms with Crippen LogP contribution in [0.25, 0.3) is 0 Å². The van der Waals surface area contributed by atoms with Gasteiger partial charge in [0.25, 0.3) is 6.47 Å². The molecule has 0 unspecified atom stereocenters. The molecule has 0 aromatic heterocycles. The molecule has 0 heterocycles. The van der Waals surface area contributed by atoms with E-state index < -0.39 is 16.6 Å². The van der Waals surface area contributed by atoms with E-state index in [0.717, 1.165) is 49.3 Å². The Labute approximate surface area is 206 Å². The van der Waals surface area contributed by atoms with Crippen LogP contribution in [0.3, 0.4) is 0 Å². The molecule has 0 aliphatic carbocycles. The van der Waals surface area contributed by atoms with Crippen molar-refractivity contribution >= 4 is 23.1 Å². The first-order chi connectivity index (χ1) is 16.1. The third-order valence-corrected chi connectivity index (χ3v) is 13.4. The number of methoxy groups -OCH3 is 3. The van der Waals surface area contributed by atoms with E-state index in [1.165, 1.54) is 11.1 Å². The molecule has 2 aromatic carbocycles. The zero-order valence-corrected chi connectivity index (χ0v) is 23.7. The van der Waals surface area contributed by atoms with Crippen LogP contribution in [0.4, 0.5) is 0 Å². The van der Waals surface area contributed by atoms with Gasteiger partial charge < -0.3 is 23.1 Å². The second-order valence-corrected chi connectivity index (χ2v) is 18.6. The highest BCUT2D eigenvalue weighted by atomic mass is 28.4. The van der Waals surface area contributed by atoms with E-state index in [-0.39, 0.29) is 0 Å². The van der Waals surface area contributed by atoms with Crippen LogP contribution in [0.2, 0.25) is 38.3 Å². The van der Waals surface area contributed by atoms with Gasteiger partial charge in [-0.1, -0.05) is 12.1 Å². The van der Waals surface area contributed by atoms with Gasteiger partial charge in [0.2, 0.25) is 0 Å². The number of rotatable bonds is 15. The highest BCUT2D eigenvalue weighted by Crippen LogP contribution is 2.31. The van der Waals surface area contributed by atoms with Crippen LogP contribution in [0, 0.1) is 0 Å². The summed E-state index contributed by atoms with van der Waals surface area (Å²) in [5.74, 6) is 2.58. The fourth-order valence-corrected chi connectivity index (χ4v) is 13.2. The van der Waals surface area contributed by atoms with E-state index in [9.17, 15) is 4.79 Å². The molecule has 0 saturated carbocycles. The zero-order chi connectivity index (χ0) is 25.2. The van der Waals surface area contributed by atoms with Crippen molar-refractivity contribution in [1.29, 1.82) is 0 Å². The lowest BCUT2D eigenvalue weighted by atomic mass is 10.1. The van der Waals surface area contributed by atoms with E-state index in [0.29, 0.717) is 18.0 Å². The van der Waals surface area contributed by atoms with Gasteiger partial charge in [-0.15, -0.1) is 0 Å². The first kappa shape index (κ1) is 27.9. The van der Waals surface area contributed by atoms with Gasteiger partial charge in [0.15, 0.2) is 39.6 Å². The molecule has 8 heteroatoms. The van der Waals surface area contributed by atoms with E-state index in [4.69, 9.17) is 23.1 Å². The van der Waals surface area contributed by atoms with Crippen molar-refractivity contribution in [3.63, 3.8) is 0 Å². The summed E-state index contributed by atoms with van der Waals surface area (Å²) in [6.45, 7) is 9.76. The lowest BCUT2D eigenvalue weighted by Gasteiger charge is -2.34. The Hall–Kier alpha value is -2.30. The molecule has 0 amide bonds. The van der Waals surface area contributed by atoms with Crippen molar-refractivity contribution in [2.75, 3.05) is 21.3 Å². The van der Waals surface area contributed by atoms with Gasteiger partial charge in [-0.25, -0.2) is 0 Å². The largest absolute Gasteiger partial charge is 0.493 e. The maximum absolute atomic E-state index is 10.6. The number of benzene rings is 2. The minimum Gasteiger partial charge on any atom is -0.493 e. The third kappa shape index (κ3) is 8.81. The predicted molar refractivity (Wildman–Crippen MR) is 142 cm³/mol. The molecule has 6 nitrogen and oxygen atoms in total. The minimum atomic E-state index is -1.77. The number of aryl methyl sites for hydroxylation is 2. The van der Waals surface area contributed by atoms with Crippen molar-refractivity contribution < 1.29 is 27.9 Å². The van der Waals surface area contributed by atoms with Gasteiger partial charge in [0, 0.05) is 0 Å².